The second kappa shape index (κ2) is 10.3. The first kappa shape index (κ1) is 23.8. The van der Waals surface area contributed by atoms with Crippen molar-refractivity contribution in [2.24, 2.45) is 0 Å². The minimum absolute atomic E-state index is 0.0308. The zero-order valence-electron chi connectivity index (χ0n) is 19.6. The van der Waals surface area contributed by atoms with Crippen molar-refractivity contribution >= 4 is 17.4 Å². The average molecular weight is 471 g/mol. The van der Waals surface area contributed by atoms with E-state index in [2.05, 4.69) is 11.6 Å². The van der Waals surface area contributed by atoms with Crippen LogP contribution in [0.3, 0.4) is 0 Å². The van der Waals surface area contributed by atoms with E-state index in [1.807, 2.05) is 13.0 Å². The van der Waals surface area contributed by atoms with E-state index in [0.717, 1.165) is 11.1 Å². The topological polar surface area (TPSA) is 89.0 Å². The number of aliphatic hydroxyl groups is 1. The van der Waals surface area contributed by atoms with Gasteiger partial charge in [0.25, 0.3) is 11.7 Å². The SMILES string of the molecule is C=CCOc1ccc(C(O)=C2C(=O)C(=O)N(Cc3cccnc3)[C@H]2c2ccc(OC)cc2)cc1C. The Hall–Kier alpha value is -4.39. The molecule has 0 radical (unpaired) electrons. The van der Waals surface area contributed by atoms with Crippen molar-refractivity contribution in [1.82, 2.24) is 9.88 Å². The third-order valence-corrected chi connectivity index (χ3v) is 5.85. The molecule has 0 saturated carbocycles. The number of nitrogens with zero attached hydrogens (tertiary/aromatic N) is 2. The van der Waals surface area contributed by atoms with Crippen molar-refractivity contribution in [3.8, 4) is 11.5 Å². The van der Waals surface area contributed by atoms with Crippen molar-refractivity contribution in [2.45, 2.75) is 19.5 Å². The number of hydrogen-bond acceptors (Lipinski definition) is 6. The molecule has 4 rings (SSSR count). The molecule has 1 aromatic heterocycles. The number of ketones is 1. The van der Waals surface area contributed by atoms with Crippen molar-refractivity contribution in [3.63, 3.8) is 0 Å². The highest BCUT2D eigenvalue weighted by Gasteiger charge is 2.46. The molecule has 2 aromatic carbocycles. The number of amides is 1. The fraction of sp³-hybridized carbons (Fsp3) is 0.179. The Morgan fingerprint density at radius 1 is 1.17 bits per heavy atom. The summed E-state index contributed by atoms with van der Waals surface area (Å²) in [6.07, 6.45) is 4.94. The van der Waals surface area contributed by atoms with Gasteiger partial charge in [-0.05, 0) is 60.0 Å². The van der Waals surface area contributed by atoms with Gasteiger partial charge in [0.05, 0.1) is 18.7 Å². The lowest BCUT2D eigenvalue weighted by atomic mass is 9.94. The number of aromatic nitrogens is 1. The number of benzene rings is 2. The molecular formula is C28H26N2O5. The van der Waals surface area contributed by atoms with Gasteiger partial charge in [-0.15, -0.1) is 0 Å². The van der Waals surface area contributed by atoms with Gasteiger partial charge in [-0.2, -0.15) is 0 Å². The molecular weight excluding hydrogens is 444 g/mol. The maximum atomic E-state index is 13.2. The molecule has 35 heavy (non-hydrogen) atoms. The molecule has 1 N–H and O–H groups in total. The molecule has 178 valence electrons. The molecule has 1 fully saturated rings. The number of Topliss-reactive ketones (excluding diaryl/α,β-unsaturated/α-hetero) is 1. The van der Waals surface area contributed by atoms with Crippen molar-refractivity contribution in [1.29, 1.82) is 0 Å². The van der Waals surface area contributed by atoms with Crippen LogP contribution in [-0.4, -0.2) is 40.4 Å². The fourth-order valence-electron chi connectivity index (χ4n) is 4.13. The van der Waals surface area contributed by atoms with Gasteiger partial charge in [-0.3, -0.25) is 14.6 Å². The number of carbonyl (C=O) groups excluding carboxylic acids is 2. The number of likely N-dealkylation sites (tertiary alicyclic amines) is 1. The summed E-state index contributed by atoms with van der Waals surface area (Å²) in [5, 5.41) is 11.3. The molecule has 0 spiro atoms. The van der Waals surface area contributed by atoms with E-state index in [0.29, 0.717) is 29.2 Å². The molecule has 1 atom stereocenters. The van der Waals surface area contributed by atoms with Gasteiger partial charge in [0.2, 0.25) is 0 Å². The normalized spacial score (nSPS) is 16.9. The maximum Gasteiger partial charge on any atom is 0.295 e. The highest BCUT2D eigenvalue weighted by molar-refractivity contribution is 6.46. The predicted molar refractivity (Wildman–Crippen MR) is 132 cm³/mol. The van der Waals surface area contributed by atoms with Crippen molar-refractivity contribution in [3.05, 3.63) is 107 Å². The van der Waals surface area contributed by atoms with Crippen molar-refractivity contribution in [2.75, 3.05) is 13.7 Å². The summed E-state index contributed by atoms with van der Waals surface area (Å²) in [5.74, 6) is -0.374. The molecule has 7 heteroatoms. The summed E-state index contributed by atoms with van der Waals surface area (Å²) in [7, 11) is 1.56. The van der Waals surface area contributed by atoms with Crippen LogP contribution in [0, 0.1) is 6.92 Å². The van der Waals surface area contributed by atoms with Crippen LogP contribution >= 0.6 is 0 Å². The van der Waals surface area contributed by atoms with Gasteiger partial charge in [0.15, 0.2) is 0 Å². The van der Waals surface area contributed by atoms with Crippen LogP contribution in [0.5, 0.6) is 11.5 Å². The van der Waals surface area contributed by atoms with Gasteiger partial charge < -0.3 is 19.5 Å². The lowest BCUT2D eigenvalue weighted by molar-refractivity contribution is -0.140. The lowest BCUT2D eigenvalue weighted by Gasteiger charge is -2.25. The second-order valence-electron chi connectivity index (χ2n) is 8.14. The van der Waals surface area contributed by atoms with Crippen LogP contribution in [0.4, 0.5) is 0 Å². The highest BCUT2D eigenvalue weighted by Crippen LogP contribution is 2.41. The second-order valence-corrected chi connectivity index (χ2v) is 8.14. The van der Waals surface area contributed by atoms with Crippen LogP contribution in [0.1, 0.15) is 28.3 Å². The number of aliphatic hydroxyl groups excluding tert-OH is 1. The van der Waals surface area contributed by atoms with E-state index in [-0.39, 0.29) is 17.9 Å². The number of pyridine rings is 1. The van der Waals surface area contributed by atoms with E-state index in [1.54, 1.807) is 74.1 Å². The maximum absolute atomic E-state index is 13.2. The standard InChI is InChI=1S/C28H26N2O5/c1-4-14-35-23-12-9-21(15-18(23)2)26(31)24-25(20-7-10-22(34-3)11-8-20)30(28(33)27(24)32)17-19-6-5-13-29-16-19/h4-13,15-16,25,31H,1,14,17H2,2-3H3/t25-/m0/s1. The van der Waals surface area contributed by atoms with Gasteiger partial charge in [0, 0.05) is 24.5 Å². The predicted octanol–water partition coefficient (Wildman–Crippen LogP) is 4.59. The third-order valence-electron chi connectivity index (χ3n) is 5.85. The molecule has 1 aliphatic heterocycles. The Morgan fingerprint density at radius 3 is 2.57 bits per heavy atom. The fourth-order valence-corrected chi connectivity index (χ4v) is 4.13. The Labute approximate surface area is 203 Å². The molecule has 0 aliphatic carbocycles. The molecule has 1 amide bonds. The Bertz CT molecular complexity index is 1280. The molecule has 1 saturated heterocycles. The van der Waals surface area contributed by atoms with E-state index in [4.69, 9.17) is 9.47 Å². The van der Waals surface area contributed by atoms with Crippen LogP contribution in [0.25, 0.3) is 5.76 Å². The van der Waals surface area contributed by atoms with Crippen LogP contribution in [-0.2, 0) is 16.1 Å². The quantitative estimate of drug-likeness (QED) is 0.224. The molecule has 3 aromatic rings. The summed E-state index contributed by atoms with van der Waals surface area (Å²) in [6, 6.07) is 15.0. The summed E-state index contributed by atoms with van der Waals surface area (Å²) in [6.45, 7) is 6.01. The third kappa shape index (κ3) is 4.80. The first-order valence-corrected chi connectivity index (χ1v) is 11.1. The van der Waals surface area contributed by atoms with Gasteiger partial charge >= 0.3 is 0 Å². The largest absolute Gasteiger partial charge is 0.507 e. The Kier molecular flexibility index (Phi) is 6.96. The zero-order valence-corrected chi connectivity index (χ0v) is 19.6. The zero-order chi connectivity index (χ0) is 24.9. The molecule has 2 heterocycles. The summed E-state index contributed by atoms with van der Waals surface area (Å²) in [4.78, 5) is 32.0. The average Bonchev–Trinajstić information content (AvgIpc) is 3.13. The first-order valence-electron chi connectivity index (χ1n) is 11.1. The number of rotatable bonds is 8. The smallest absolute Gasteiger partial charge is 0.295 e. The monoisotopic (exact) mass is 470 g/mol. The van der Waals surface area contributed by atoms with E-state index in [9.17, 15) is 14.7 Å². The molecule has 0 bridgehead atoms. The molecule has 1 aliphatic rings. The van der Waals surface area contributed by atoms with E-state index in [1.165, 1.54) is 4.90 Å². The summed E-state index contributed by atoms with van der Waals surface area (Å²) in [5.41, 5.74) is 2.68. The van der Waals surface area contributed by atoms with Crippen molar-refractivity contribution < 1.29 is 24.2 Å². The lowest BCUT2D eigenvalue weighted by Crippen LogP contribution is -2.29. The van der Waals surface area contributed by atoms with Crippen LogP contribution < -0.4 is 9.47 Å². The van der Waals surface area contributed by atoms with Crippen LogP contribution in [0.2, 0.25) is 0 Å². The summed E-state index contributed by atoms with van der Waals surface area (Å²) < 4.78 is 10.9. The van der Waals surface area contributed by atoms with Gasteiger partial charge in [-0.25, -0.2) is 0 Å². The number of carbonyl (C=O) groups is 2. The Morgan fingerprint density at radius 2 is 1.94 bits per heavy atom. The molecule has 7 nitrogen and oxygen atoms in total. The van der Waals surface area contributed by atoms with E-state index < -0.39 is 17.7 Å². The number of hydrogen-bond donors (Lipinski definition) is 1. The highest BCUT2D eigenvalue weighted by atomic mass is 16.5. The minimum Gasteiger partial charge on any atom is -0.507 e. The molecule has 0 unspecified atom stereocenters. The van der Waals surface area contributed by atoms with Gasteiger partial charge in [-0.1, -0.05) is 30.9 Å². The summed E-state index contributed by atoms with van der Waals surface area (Å²) >= 11 is 0. The van der Waals surface area contributed by atoms with Crippen LogP contribution in [0.15, 0.2) is 85.2 Å². The van der Waals surface area contributed by atoms with Gasteiger partial charge in [0.1, 0.15) is 23.9 Å². The first-order chi connectivity index (χ1) is 16.9. The Balaban J connectivity index is 1.81. The number of aryl methyl sites for hydroxylation is 1. The number of ether oxygens (including phenoxy) is 2. The minimum atomic E-state index is -0.780. The van der Waals surface area contributed by atoms with E-state index >= 15 is 0 Å². The number of methoxy groups -OCH3 is 1.